The van der Waals surface area contributed by atoms with Gasteiger partial charge < -0.3 is 9.84 Å². The minimum Gasteiger partial charge on any atom is -0.508 e. The van der Waals surface area contributed by atoms with Gasteiger partial charge in [0.05, 0.1) is 7.11 Å². The number of methoxy groups -OCH3 is 1. The first-order valence-electron chi connectivity index (χ1n) is 5.60. The maximum absolute atomic E-state index is 11.3. The molecule has 0 atom stereocenters. The number of aromatic hydroxyl groups is 1. The Hall–Kier alpha value is -2.29. The fourth-order valence-electron chi connectivity index (χ4n) is 1.79. The number of Topliss-reactive ketones (excluding diaryl/α,β-unsaturated/α-hetero) is 1. The van der Waals surface area contributed by atoms with Gasteiger partial charge in [-0.15, -0.1) is 0 Å². The number of carbonyl (C=O) groups is 1. The number of ether oxygens (including phenoxy) is 1. The van der Waals surface area contributed by atoms with Crippen LogP contribution in [0.5, 0.6) is 11.5 Å². The molecule has 92 valence electrons. The van der Waals surface area contributed by atoms with Gasteiger partial charge in [0.2, 0.25) is 0 Å². The SMILES string of the molecule is COc1cc(C(C)=O)ccc1-c1ccc(O)cc1. The van der Waals surface area contributed by atoms with Crippen LogP contribution in [0.15, 0.2) is 42.5 Å². The molecule has 0 aliphatic rings. The van der Waals surface area contributed by atoms with Gasteiger partial charge in [0.25, 0.3) is 0 Å². The molecule has 2 aromatic rings. The number of benzene rings is 2. The van der Waals surface area contributed by atoms with E-state index in [2.05, 4.69) is 0 Å². The van der Waals surface area contributed by atoms with Gasteiger partial charge in [-0.25, -0.2) is 0 Å². The van der Waals surface area contributed by atoms with E-state index >= 15 is 0 Å². The van der Waals surface area contributed by atoms with Crippen molar-refractivity contribution in [3.05, 3.63) is 48.0 Å². The second kappa shape index (κ2) is 4.92. The summed E-state index contributed by atoms with van der Waals surface area (Å²) in [6.07, 6.45) is 0. The lowest BCUT2D eigenvalue weighted by molar-refractivity contribution is 0.101. The number of ketones is 1. The summed E-state index contributed by atoms with van der Waals surface area (Å²) >= 11 is 0. The van der Waals surface area contributed by atoms with E-state index in [0.717, 1.165) is 11.1 Å². The topological polar surface area (TPSA) is 46.5 Å². The second-order valence-electron chi connectivity index (χ2n) is 4.02. The molecular weight excluding hydrogens is 228 g/mol. The zero-order valence-corrected chi connectivity index (χ0v) is 10.3. The second-order valence-corrected chi connectivity index (χ2v) is 4.02. The van der Waals surface area contributed by atoms with Crippen LogP contribution in [0.3, 0.4) is 0 Å². The molecule has 3 heteroatoms. The average molecular weight is 242 g/mol. The van der Waals surface area contributed by atoms with Crippen molar-refractivity contribution in [1.82, 2.24) is 0 Å². The number of carbonyl (C=O) groups excluding carboxylic acids is 1. The molecule has 0 bridgehead atoms. The predicted octanol–water partition coefficient (Wildman–Crippen LogP) is 3.27. The van der Waals surface area contributed by atoms with Crippen LogP contribution in [0.25, 0.3) is 11.1 Å². The summed E-state index contributed by atoms with van der Waals surface area (Å²) in [5.41, 5.74) is 2.44. The van der Waals surface area contributed by atoms with Gasteiger partial charge in [-0.3, -0.25) is 4.79 Å². The van der Waals surface area contributed by atoms with Crippen molar-refractivity contribution in [2.45, 2.75) is 6.92 Å². The minimum atomic E-state index is 0.00514. The molecule has 3 nitrogen and oxygen atoms in total. The van der Waals surface area contributed by atoms with Gasteiger partial charge >= 0.3 is 0 Å². The van der Waals surface area contributed by atoms with Gasteiger partial charge in [-0.1, -0.05) is 18.2 Å². The van der Waals surface area contributed by atoms with E-state index in [1.165, 1.54) is 6.92 Å². The summed E-state index contributed by atoms with van der Waals surface area (Å²) in [6.45, 7) is 1.52. The summed E-state index contributed by atoms with van der Waals surface area (Å²) in [6, 6.07) is 12.2. The van der Waals surface area contributed by atoms with Crippen molar-refractivity contribution >= 4 is 5.78 Å². The molecule has 0 heterocycles. The summed E-state index contributed by atoms with van der Waals surface area (Å²) in [7, 11) is 1.57. The number of phenolic OH excluding ortho intramolecular Hbond substituents is 1. The highest BCUT2D eigenvalue weighted by Crippen LogP contribution is 2.31. The van der Waals surface area contributed by atoms with Crippen molar-refractivity contribution in [3.8, 4) is 22.6 Å². The van der Waals surface area contributed by atoms with E-state index in [9.17, 15) is 9.90 Å². The lowest BCUT2D eigenvalue weighted by Gasteiger charge is -2.10. The number of hydrogen-bond acceptors (Lipinski definition) is 3. The highest BCUT2D eigenvalue weighted by molar-refractivity contribution is 5.95. The fraction of sp³-hybridized carbons (Fsp3) is 0.133. The van der Waals surface area contributed by atoms with Crippen LogP contribution in [-0.2, 0) is 0 Å². The smallest absolute Gasteiger partial charge is 0.159 e. The minimum absolute atomic E-state index is 0.00514. The molecule has 0 aromatic heterocycles. The highest BCUT2D eigenvalue weighted by Gasteiger charge is 2.09. The Morgan fingerprint density at radius 3 is 2.33 bits per heavy atom. The lowest BCUT2D eigenvalue weighted by atomic mass is 10.0. The van der Waals surface area contributed by atoms with Crippen LogP contribution in [0.2, 0.25) is 0 Å². The monoisotopic (exact) mass is 242 g/mol. The molecule has 0 unspecified atom stereocenters. The Labute approximate surface area is 106 Å². The molecule has 0 aliphatic heterocycles. The molecule has 0 spiro atoms. The summed E-state index contributed by atoms with van der Waals surface area (Å²) in [4.78, 5) is 11.3. The standard InChI is InChI=1S/C15H14O3/c1-10(16)12-5-8-14(15(9-12)18-2)11-3-6-13(17)7-4-11/h3-9,17H,1-2H3. The first-order chi connectivity index (χ1) is 8.61. The summed E-state index contributed by atoms with van der Waals surface area (Å²) < 4.78 is 5.31. The molecule has 0 saturated heterocycles. The Kier molecular flexibility index (Phi) is 3.33. The first kappa shape index (κ1) is 12.2. The number of phenols is 1. The molecule has 0 saturated carbocycles. The van der Waals surface area contributed by atoms with Crippen LogP contribution < -0.4 is 4.74 Å². The Bertz CT molecular complexity index is 571. The van der Waals surface area contributed by atoms with Crippen LogP contribution in [0.1, 0.15) is 17.3 Å². The van der Waals surface area contributed by atoms with E-state index in [-0.39, 0.29) is 11.5 Å². The van der Waals surface area contributed by atoms with Crippen molar-refractivity contribution in [2.75, 3.05) is 7.11 Å². The molecule has 1 N–H and O–H groups in total. The molecular formula is C15H14O3. The van der Waals surface area contributed by atoms with Crippen LogP contribution in [0, 0.1) is 0 Å². The van der Waals surface area contributed by atoms with E-state index < -0.39 is 0 Å². The van der Waals surface area contributed by atoms with E-state index in [4.69, 9.17) is 4.74 Å². The zero-order chi connectivity index (χ0) is 13.1. The third kappa shape index (κ3) is 2.35. The van der Waals surface area contributed by atoms with Crippen LogP contribution in [0.4, 0.5) is 0 Å². The molecule has 0 amide bonds. The third-order valence-corrected chi connectivity index (χ3v) is 2.79. The Balaban J connectivity index is 2.50. The fourth-order valence-corrected chi connectivity index (χ4v) is 1.79. The van der Waals surface area contributed by atoms with Gasteiger partial charge in [0.15, 0.2) is 5.78 Å². The van der Waals surface area contributed by atoms with E-state index in [0.29, 0.717) is 11.3 Å². The van der Waals surface area contributed by atoms with Gasteiger partial charge in [-0.2, -0.15) is 0 Å². The first-order valence-corrected chi connectivity index (χ1v) is 5.60. The maximum atomic E-state index is 11.3. The third-order valence-electron chi connectivity index (χ3n) is 2.79. The molecule has 2 aromatic carbocycles. The molecule has 0 fully saturated rings. The Morgan fingerprint density at radius 2 is 1.78 bits per heavy atom. The number of rotatable bonds is 3. The van der Waals surface area contributed by atoms with E-state index in [1.807, 2.05) is 6.07 Å². The van der Waals surface area contributed by atoms with Gasteiger partial charge in [0, 0.05) is 11.1 Å². The average Bonchev–Trinajstić information content (AvgIpc) is 2.39. The van der Waals surface area contributed by atoms with Crippen molar-refractivity contribution in [2.24, 2.45) is 0 Å². The van der Waals surface area contributed by atoms with Crippen molar-refractivity contribution in [3.63, 3.8) is 0 Å². The van der Waals surface area contributed by atoms with Crippen molar-refractivity contribution < 1.29 is 14.6 Å². The molecule has 18 heavy (non-hydrogen) atoms. The zero-order valence-electron chi connectivity index (χ0n) is 10.3. The largest absolute Gasteiger partial charge is 0.508 e. The highest BCUT2D eigenvalue weighted by atomic mass is 16.5. The quantitative estimate of drug-likeness (QED) is 0.840. The molecule has 0 aliphatic carbocycles. The van der Waals surface area contributed by atoms with Crippen molar-refractivity contribution in [1.29, 1.82) is 0 Å². The number of hydrogen-bond donors (Lipinski definition) is 1. The normalized spacial score (nSPS) is 10.1. The Morgan fingerprint density at radius 1 is 1.11 bits per heavy atom. The van der Waals surface area contributed by atoms with Gasteiger partial charge in [0.1, 0.15) is 11.5 Å². The summed E-state index contributed by atoms with van der Waals surface area (Å²) in [5.74, 6) is 0.872. The maximum Gasteiger partial charge on any atom is 0.159 e. The van der Waals surface area contributed by atoms with E-state index in [1.54, 1.807) is 43.5 Å². The van der Waals surface area contributed by atoms with Crippen LogP contribution >= 0.6 is 0 Å². The molecule has 0 radical (unpaired) electrons. The molecule has 2 rings (SSSR count). The van der Waals surface area contributed by atoms with Gasteiger partial charge in [-0.05, 0) is 36.8 Å². The predicted molar refractivity (Wildman–Crippen MR) is 70.1 cm³/mol. The summed E-state index contributed by atoms with van der Waals surface area (Å²) in [5, 5.41) is 9.27. The lowest BCUT2D eigenvalue weighted by Crippen LogP contribution is -1.95. The van der Waals surface area contributed by atoms with Crippen LogP contribution in [-0.4, -0.2) is 18.0 Å².